The minimum Gasteiger partial charge on any atom is -0.465 e. The van der Waals surface area contributed by atoms with Gasteiger partial charge in [-0.3, -0.25) is 10.1 Å². The van der Waals surface area contributed by atoms with Crippen LogP contribution < -0.4 is 5.32 Å². The van der Waals surface area contributed by atoms with Crippen molar-refractivity contribution in [2.45, 2.75) is 38.7 Å². The fourth-order valence-corrected chi connectivity index (χ4v) is 4.23. The molecule has 0 bridgehead atoms. The molecule has 2 saturated heterocycles. The first kappa shape index (κ1) is 20.5. The Labute approximate surface area is 168 Å². The molecule has 3 amide bonds. The van der Waals surface area contributed by atoms with Crippen LogP contribution in [0.1, 0.15) is 41.7 Å². The summed E-state index contributed by atoms with van der Waals surface area (Å²) in [6, 6.07) is -0.447. The van der Waals surface area contributed by atoms with Crippen molar-refractivity contribution in [1.29, 1.82) is 0 Å². The van der Waals surface area contributed by atoms with Crippen LogP contribution in [-0.2, 0) is 14.3 Å². The lowest BCUT2D eigenvalue weighted by atomic mass is 10.2. The van der Waals surface area contributed by atoms with E-state index in [1.165, 1.54) is 12.0 Å². The Hall–Kier alpha value is -2.20. The van der Waals surface area contributed by atoms with Crippen LogP contribution in [0.4, 0.5) is 9.80 Å². The van der Waals surface area contributed by atoms with Gasteiger partial charge >= 0.3 is 12.0 Å². The number of hydrogen-bond donors (Lipinski definition) is 1. The Morgan fingerprint density at radius 3 is 2.71 bits per heavy atom. The second-order valence-corrected chi connectivity index (χ2v) is 7.77. The van der Waals surface area contributed by atoms with E-state index in [2.05, 4.69) is 9.69 Å². The normalized spacial score (nSPS) is 18.9. The number of esters is 1. The molecule has 1 aromatic heterocycles. The number of carbonyl (C=O) groups excluding carboxylic acids is 3. The molecule has 154 valence electrons. The quantitative estimate of drug-likeness (QED) is 0.719. The second-order valence-electron chi connectivity index (χ2n) is 7.00. The van der Waals surface area contributed by atoms with Crippen LogP contribution in [0.5, 0.6) is 0 Å². The summed E-state index contributed by atoms with van der Waals surface area (Å²) in [5.41, 5.74) is 0.731. The zero-order valence-corrected chi connectivity index (χ0v) is 17.0. The van der Waals surface area contributed by atoms with Gasteiger partial charge in [-0.05, 0) is 44.1 Å². The number of anilines is 1. The molecular formula is C18H26N4O5S. The third-order valence-electron chi connectivity index (χ3n) is 4.99. The summed E-state index contributed by atoms with van der Waals surface area (Å²) >= 11 is 1.02. The van der Waals surface area contributed by atoms with Crippen molar-refractivity contribution in [2.75, 3.05) is 45.2 Å². The number of aryl methyl sites for hydroxylation is 1. The van der Waals surface area contributed by atoms with Crippen molar-refractivity contribution in [2.24, 2.45) is 0 Å². The van der Waals surface area contributed by atoms with Gasteiger partial charge in [-0.15, -0.1) is 0 Å². The van der Waals surface area contributed by atoms with Gasteiger partial charge in [0.05, 0.1) is 18.9 Å². The first-order valence-electron chi connectivity index (χ1n) is 9.49. The number of methoxy groups -OCH3 is 1. The van der Waals surface area contributed by atoms with Crippen molar-refractivity contribution >= 4 is 34.4 Å². The number of likely N-dealkylation sites (tertiary alicyclic amines) is 1. The van der Waals surface area contributed by atoms with Crippen LogP contribution in [0.15, 0.2) is 0 Å². The number of rotatable bonds is 6. The largest absolute Gasteiger partial charge is 0.465 e. The van der Waals surface area contributed by atoms with Crippen LogP contribution in [-0.4, -0.2) is 78.1 Å². The molecule has 0 aliphatic carbocycles. The third kappa shape index (κ3) is 4.79. The van der Waals surface area contributed by atoms with Crippen LogP contribution in [0.3, 0.4) is 0 Å². The van der Waals surface area contributed by atoms with E-state index in [1.54, 1.807) is 11.8 Å². The zero-order chi connectivity index (χ0) is 20.1. The summed E-state index contributed by atoms with van der Waals surface area (Å²) in [4.78, 5) is 40.8. The molecule has 1 aromatic rings. The highest BCUT2D eigenvalue weighted by molar-refractivity contribution is 7.11. The predicted octanol–water partition coefficient (Wildman–Crippen LogP) is 1.87. The number of nitrogens with one attached hydrogen (secondary N) is 1. The smallest absolute Gasteiger partial charge is 0.342 e. The van der Waals surface area contributed by atoms with Gasteiger partial charge in [0.1, 0.15) is 17.1 Å². The van der Waals surface area contributed by atoms with Gasteiger partial charge in [-0.2, -0.15) is 4.37 Å². The van der Waals surface area contributed by atoms with Gasteiger partial charge < -0.3 is 19.3 Å². The first-order valence-corrected chi connectivity index (χ1v) is 10.3. The van der Waals surface area contributed by atoms with E-state index in [0.717, 1.165) is 50.3 Å². The SMILES string of the molecule is COC(=O)c1c(C)nsc1NC(=O)N(CC(=O)N1CCCC1)CC1CCCO1. The van der Waals surface area contributed by atoms with Crippen LogP contribution in [0, 0.1) is 6.92 Å². The molecule has 10 heteroatoms. The topological polar surface area (TPSA) is 101 Å². The minimum atomic E-state index is -0.555. The standard InChI is InChI=1S/C18H26N4O5S/c1-12-15(17(24)26-2)16(28-20-12)19-18(25)22(10-13-6-5-9-27-13)11-14(23)21-7-3-4-8-21/h13H,3-11H2,1-2H3,(H,19,25). The Bertz CT molecular complexity index is 726. The summed E-state index contributed by atoms with van der Waals surface area (Å²) in [5.74, 6) is -0.625. The van der Waals surface area contributed by atoms with Gasteiger partial charge in [-0.25, -0.2) is 9.59 Å². The van der Waals surface area contributed by atoms with Crippen molar-refractivity contribution < 1.29 is 23.9 Å². The number of nitrogens with zero attached hydrogens (tertiary/aromatic N) is 3. The first-order chi connectivity index (χ1) is 13.5. The molecule has 3 rings (SSSR count). The third-order valence-corrected chi connectivity index (χ3v) is 5.85. The van der Waals surface area contributed by atoms with E-state index in [0.29, 0.717) is 23.8 Å². The molecular weight excluding hydrogens is 384 g/mol. The molecule has 1 atom stereocenters. The lowest BCUT2D eigenvalue weighted by Gasteiger charge is -2.27. The number of amides is 3. The maximum Gasteiger partial charge on any atom is 0.342 e. The number of hydrogen-bond acceptors (Lipinski definition) is 7. The molecule has 2 fully saturated rings. The van der Waals surface area contributed by atoms with E-state index in [9.17, 15) is 14.4 Å². The van der Waals surface area contributed by atoms with Crippen molar-refractivity contribution in [3.05, 3.63) is 11.3 Å². The van der Waals surface area contributed by atoms with E-state index in [4.69, 9.17) is 9.47 Å². The number of aromatic nitrogens is 1. The molecule has 0 radical (unpaired) electrons. The highest BCUT2D eigenvalue weighted by Gasteiger charge is 2.29. The van der Waals surface area contributed by atoms with Gasteiger partial charge in [-0.1, -0.05) is 0 Å². The molecule has 1 N–H and O–H groups in total. The van der Waals surface area contributed by atoms with Gasteiger partial charge in [0.15, 0.2) is 0 Å². The monoisotopic (exact) mass is 410 g/mol. The van der Waals surface area contributed by atoms with Gasteiger partial charge in [0, 0.05) is 26.2 Å². The van der Waals surface area contributed by atoms with E-state index >= 15 is 0 Å². The average Bonchev–Trinajstić information content (AvgIpc) is 3.43. The lowest BCUT2D eigenvalue weighted by Crippen LogP contribution is -2.46. The Balaban J connectivity index is 1.72. The Morgan fingerprint density at radius 1 is 1.32 bits per heavy atom. The predicted molar refractivity (Wildman–Crippen MR) is 104 cm³/mol. The summed E-state index contributed by atoms with van der Waals surface area (Å²) in [6.45, 7) is 4.12. The van der Waals surface area contributed by atoms with Gasteiger partial charge in [0.2, 0.25) is 5.91 Å². The second kappa shape index (κ2) is 9.33. The molecule has 0 aromatic carbocycles. The summed E-state index contributed by atoms with van der Waals surface area (Å²) < 4.78 is 14.6. The van der Waals surface area contributed by atoms with Crippen LogP contribution >= 0.6 is 11.5 Å². The fraction of sp³-hybridized carbons (Fsp3) is 0.667. The summed E-state index contributed by atoms with van der Waals surface area (Å²) in [6.07, 6.45) is 3.70. The summed E-state index contributed by atoms with van der Waals surface area (Å²) in [7, 11) is 1.28. The molecule has 0 spiro atoms. The maximum absolute atomic E-state index is 12.9. The summed E-state index contributed by atoms with van der Waals surface area (Å²) in [5, 5.41) is 3.05. The number of urea groups is 1. The van der Waals surface area contributed by atoms with Crippen LogP contribution in [0.2, 0.25) is 0 Å². The molecule has 28 heavy (non-hydrogen) atoms. The van der Waals surface area contributed by atoms with Crippen molar-refractivity contribution in [1.82, 2.24) is 14.2 Å². The molecule has 3 heterocycles. The Kier molecular flexibility index (Phi) is 6.84. The number of carbonyl (C=O) groups is 3. The highest BCUT2D eigenvalue weighted by atomic mass is 32.1. The van der Waals surface area contributed by atoms with Gasteiger partial charge in [0.25, 0.3) is 0 Å². The fourth-order valence-electron chi connectivity index (χ4n) is 3.46. The van der Waals surface area contributed by atoms with E-state index in [-0.39, 0.29) is 24.1 Å². The van der Waals surface area contributed by atoms with E-state index < -0.39 is 12.0 Å². The molecule has 2 aliphatic heterocycles. The Morgan fingerprint density at radius 2 is 2.07 bits per heavy atom. The highest BCUT2D eigenvalue weighted by Crippen LogP contribution is 2.26. The average molecular weight is 410 g/mol. The molecule has 2 aliphatic rings. The lowest BCUT2D eigenvalue weighted by molar-refractivity contribution is -0.130. The molecule has 9 nitrogen and oxygen atoms in total. The zero-order valence-electron chi connectivity index (χ0n) is 16.2. The van der Waals surface area contributed by atoms with Crippen LogP contribution in [0.25, 0.3) is 0 Å². The minimum absolute atomic E-state index is 0.0168. The molecule has 1 unspecified atom stereocenters. The van der Waals surface area contributed by atoms with Crippen molar-refractivity contribution in [3.63, 3.8) is 0 Å². The van der Waals surface area contributed by atoms with Crippen molar-refractivity contribution in [3.8, 4) is 0 Å². The molecule has 0 saturated carbocycles. The number of ether oxygens (including phenoxy) is 2. The maximum atomic E-state index is 12.9. The van der Waals surface area contributed by atoms with E-state index in [1.807, 2.05) is 0 Å².